The molecule has 3 nitrogen and oxygen atoms in total. The SMILES string of the molecule is C/C(C=O)=C/[C@H](c1ccccc1)C(c1ccc(N(C)C)cc1)c1ccc(N(C)C)cc1. The van der Waals surface area contributed by atoms with Crippen LogP contribution in [0.4, 0.5) is 11.4 Å². The van der Waals surface area contributed by atoms with Crippen LogP contribution >= 0.6 is 0 Å². The predicted octanol–water partition coefficient (Wildman–Crippen LogP) is 5.88. The molecule has 0 unspecified atom stereocenters. The topological polar surface area (TPSA) is 23.6 Å². The molecule has 0 aromatic heterocycles. The minimum absolute atomic E-state index is 0.0433. The number of allylic oxidation sites excluding steroid dienone is 2. The molecule has 0 radical (unpaired) electrons. The fraction of sp³-hybridized carbons (Fsp3) is 0.250. The van der Waals surface area contributed by atoms with Crippen molar-refractivity contribution in [2.45, 2.75) is 18.8 Å². The predicted molar refractivity (Wildman–Crippen MR) is 132 cm³/mol. The summed E-state index contributed by atoms with van der Waals surface area (Å²) in [6.07, 6.45) is 3.05. The minimum atomic E-state index is 0.0433. The van der Waals surface area contributed by atoms with Crippen molar-refractivity contribution >= 4 is 17.7 Å². The molecule has 3 heteroatoms. The Kier molecular flexibility index (Phi) is 7.30. The largest absolute Gasteiger partial charge is 0.378 e. The van der Waals surface area contributed by atoms with E-state index in [1.165, 1.54) is 28.1 Å². The van der Waals surface area contributed by atoms with Crippen LogP contribution in [0.15, 0.2) is 90.5 Å². The van der Waals surface area contributed by atoms with Crippen LogP contribution in [0.1, 0.15) is 35.4 Å². The van der Waals surface area contributed by atoms with E-state index in [-0.39, 0.29) is 11.8 Å². The van der Waals surface area contributed by atoms with E-state index in [1.54, 1.807) is 0 Å². The lowest BCUT2D eigenvalue weighted by atomic mass is 9.76. The highest BCUT2D eigenvalue weighted by Gasteiger charge is 2.25. The molecule has 160 valence electrons. The van der Waals surface area contributed by atoms with Crippen molar-refractivity contribution in [1.29, 1.82) is 0 Å². The van der Waals surface area contributed by atoms with E-state index in [0.717, 1.165) is 11.9 Å². The molecule has 0 aliphatic carbocycles. The van der Waals surface area contributed by atoms with E-state index in [2.05, 4.69) is 117 Å². The van der Waals surface area contributed by atoms with Crippen LogP contribution in [0.3, 0.4) is 0 Å². The molecule has 1 atom stereocenters. The molecule has 0 heterocycles. The van der Waals surface area contributed by atoms with E-state index < -0.39 is 0 Å². The number of hydrogen-bond acceptors (Lipinski definition) is 3. The minimum Gasteiger partial charge on any atom is -0.378 e. The number of nitrogens with zero attached hydrogens (tertiary/aromatic N) is 2. The van der Waals surface area contributed by atoms with Crippen molar-refractivity contribution in [3.05, 3.63) is 107 Å². The number of aldehydes is 1. The summed E-state index contributed by atoms with van der Waals surface area (Å²) < 4.78 is 0. The Bertz CT molecular complexity index is 952. The molecular weight excluding hydrogens is 380 g/mol. The van der Waals surface area contributed by atoms with Crippen LogP contribution in [0.2, 0.25) is 0 Å². The van der Waals surface area contributed by atoms with Gasteiger partial charge in [0.15, 0.2) is 0 Å². The molecule has 0 saturated heterocycles. The van der Waals surface area contributed by atoms with E-state index in [1.807, 2.05) is 13.0 Å². The van der Waals surface area contributed by atoms with Crippen LogP contribution in [0, 0.1) is 0 Å². The first kappa shape index (κ1) is 22.4. The Labute approximate surface area is 186 Å². The van der Waals surface area contributed by atoms with E-state index in [4.69, 9.17) is 0 Å². The van der Waals surface area contributed by atoms with Crippen LogP contribution in [0.5, 0.6) is 0 Å². The van der Waals surface area contributed by atoms with Gasteiger partial charge in [-0.2, -0.15) is 0 Å². The Morgan fingerprint density at radius 1 is 0.677 bits per heavy atom. The zero-order valence-electron chi connectivity index (χ0n) is 19.1. The lowest BCUT2D eigenvalue weighted by Crippen LogP contribution is -2.14. The molecule has 0 saturated carbocycles. The summed E-state index contributed by atoms with van der Waals surface area (Å²) in [4.78, 5) is 15.7. The Morgan fingerprint density at radius 2 is 1.13 bits per heavy atom. The molecule has 0 fully saturated rings. The molecule has 0 bridgehead atoms. The number of carbonyl (C=O) groups is 1. The molecule has 0 spiro atoms. The van der Waals surface area contributed by atoms with Crippen molar-refractivity contribution in [1.82, 2.24) is 0 Å². The number of carbonyl (C=O) groups excluding carboxylic acids is 1. The van der Waals surface area contributed by atoms with Crippen LogP contribution in [-0.4, -0.2) is 34.5 Å². The van der Waals surface area contributed by atoms with Gasteiger partial charge in [0, 0.05) is 51.4 Å². The summed E-state index contributed by atoms with van der Waals surface area (Å²) in [6.45, 7) is 1.88. The second-order valence-corrected chi connectivity index (χ2v) is 8.41. The number of rotatable bonds is 8. The summed E-state index contributed by atoms with van der Waals surface area (Å²) in [6, 6.07) is 27.9. The maximum absolute atomic E-state index is 11.5. The molecule has 3 rings (SSSR count). The second-order valence-electron chi connectivity index (χ2n) is 8.41. The third-order valence-corrected chi connectivity index (χ3v) is 5.71. The fourth-order valence-corrected chi connectivity index (χ4v) is 3.95. The van der Waals surface area contributed by atoms with Gasteiger partial charge < -0.3 is 9.80 Å². The molecule has 0 amide bonds. The molecule has 0 aliphatic rings. The zero-order valence-corrected chi connectivity index (χ0v) is 19.1. The first-order chi connectivity index (χ1) is 14.9. The van der Waals surface area contributed by atoms with Gasteiger partial charge in [-0.1, -0.05) is 60.7 Å². The highest BCUT2D eigenvalue weighted by molar-refractivity contribution is 5.72. The van der Waals surface area contributed by atoms with Crippen LogP contribution in [-0.2, 0) is 4.79 Å². The van der Waals surface area contributed by atoms with Gasteiger partial charge in [0.2, 0.25) is 0 Å². The van der Waals surface area contributed by atoms with Crippen molar-refractivity contribution in [2.75, 3.05) is 38.0 Å². The Balaban J connectivity index is 2.17. The standard InChI is InChI=1S/C28H32N2O/c1-21(20-31)19-27(22-9-7-6-8-10-22)28(23-11-15-25(16-12-23)29(2)3)24-13-17-26(18-14-24)30(4)5/h6-20,27-28H,1-5H3/b21-19-/t27-/m1/s1. The van der Waals surface area contributed by atoms with Gasteiger partial charge in [0.25, 0.3) is 0 Å². The van der Waals surface area contributed by atoms with Gasteiger partial charge >= 0.3 is 0 Å². The van der Waals surface area contributed by atoms with Crippen molar-refractivity contribution in [2.24, 2.45) is 0 Å². The first-order valence-corrected chi connectivity index (χ1v) is 10.6. The lowest BCUT2D eigenvalue weighted by molar-refractivity contribution is -0.104. The van der Waals surface area contributed by atoms with Crippen molar-refractivity contribution < 1.29 is 4.79 Å². The molecular formula is C28H32N2O. The van der Waals surface area contributed by atoms with E-state index in [9.17, 15) is 4.79 Å². The quantitative estimate of drug-likeness (QED) is 0.341. The van der Waals surface area contributed by atoms with E-state index >= 15 is 0 Å². The summed E-state index contributed by atoms with van der Waals surface area (Å²) in [5, 5.41) is 0. The normalized spacial score (nSPS) is 12.5. The summed E-state index contributed by atoms with van der Waals surface area (Å²) in [5.41, 5.74) is 6.73. The summed E-state index contributed by atoms with van der Waals surface area (Å²) in [5.74, 6) is 0.131. The average molecular weight is 413 g/mol. The van der Waals surface area contributed by atoms with Gasteiger partial charge in [-0.3, -0.25) is 4.79 Å². The van der Waals surface area contributed by atoms with Crippen molar-refractivity contribution in [3.8, 4) is 0 Å². The second kappa shape index (κ2) is 10.1. The maximum atomic E-state index is 11.5. The van der Waals surface area contributed by atoms with Gasteiger partial charge in [-0.15, -0.1) is 0 Å². The first-order valence-electron chi connectivity index (χ1n) is 10.6. The van der Waals surface area contributed by atoms with Crippen LogP contribution < -0.4 is 9.80 Å². The molecule has 0 N–H and O–H groups in total. The molecule has 3 aromatic rings. The number of hydrogen-bond donors (Lipinski definition) is 0. The third-order valence-electron chi connectivity index (χ3n) is 5.71. The van der Waals surface area contributed by atoms with Crippen LogP contribution in [0.25, 0.3) is 0 Å². The maximum Gasteiger partial charge on any atom is 0.145 e. The van der Waals surface area contributed by atoms with E-state index in [0.29, 0.717) is 0 Å². The molecule has 0 aliphatic heterocycles. The summed E-state index contributed by atoms with van der Waals surface area (Å²) in [7, 11) is 8.20. The highest BCUT2D eigenvalue weighted by atomic mass is 16.1. The number of benzene rings is 3. The smallest absolute Gasteiger partial charge is 0.145 e. The molecule has 31 heavy (non-hydrogen) atoms. The average Bonchev–Trinajstić information content (AvgIpc) is 2.79. The van der Waals surface area contributed by atoms with Gasteiger partial charge in [0.05, 0.1) is 0 Å². The fourth-order valence-electron chi connectivity index (χ4n) is 3.95. The third kappa shape index (κ3) is 5.43. The Hall–Kier alpha value is -3.33. The van der Waals surface area contributed by atoms with Gasteiger partial charge in [-0.25, -0.2) is 0 Å². The summed E-state index contributed by atoms with van der Waals surface area (Å²) >= 11 is 0. The molecule has 3 aromatic carbocycles. The van der Waals surface area contributed by atoms with Crippen molar-refractivity contribution in [3.63, 3.8) is 0 Å². The van der Waals surface area contributed by atoms with Gasteiger partial charge in [0.1, 0.15) is 6.29 Å². The monoisotopic (exact) mass is 412 g/mol. The Morgan fingerprint density at radius 3 is 1.52 bits per heavy atom. The lowest BCUT2D eigenvalue weighted by Gasteiger charge is -2.28. The zero-order chi connectivity index (χ0) is 22.4. The number of anilines is 2. The van der Waals surface area contributed by atoms with Gasteiger partial charge in [-0.05, 0) is 53.5 Å². The highest BCUT2D eigenvalue weighted by Crippen LogP contribution is 2.41.